The molecule has 4 heteroatoms. The average Bonchev–Trinajstić information content (AvgIpc) is 2.96. The van der Waals surface area contributed by atoms with Crippen LogP contribution in [0, 0.1) is 0 Å². The summed E-state index contributed by atoms with van der Waals surface area (Å²) >= 11 is 0. The molecule has 2 aliphatic rings. The highest BCUT2D eigenvalue weighted by Gasteiger charge is 2.33. The summed E-state index contributed by atoms with van der Waals surface area (Å²) in [6, 6.07) is 0. The fourth-order valence-corrected chi connectivity index (χ4v) is 2.33. The van der Waals surface area contributed by atoms with Gasteiger partial charge in [-0.15, -0.1) is 0 Å². The molecule has 4 nitrogen and oxygen atoms in total. The van der Waals surface area contributed by atoms with E-state index in [0.29, 0.717) is 5.92 Å². The van der Waals surface area contributed by atoms with Crippen LogP contribution in [0.4, 0.5) is 0 Å². The number of carbonyl (C=O) groups is 1. The van der Waals surface area contributed by atoms with Gasteiger partial charge in [0.2, 0.25) is 0 Å². The Morgan fingerprint density at radius 2 is 2.20 bits per heavy atom. The number of aromatic nitrogens is 2. The molecule has 1 heterocycles. The number of H-pyrrole nitrogens is 1. The molecule has 2 N–H and O–H groups in total. The molecule has 0 aromatic carbocycles. The van der Waals surface area contributed by atoms with Gasteiger partial charge in [0.05, 0.1) is 5.69 Å². The molecule has 0 radical (unpaired) electrons. The summed E-state index contributed by atoms with van der Waals surface area (Å²) in [7, 11) is 0. The number of nitrogens with zero attached hydrogens (tertiary/aromatic N) is 1. The van der Waals surface area contributed by atoms with Crippen LogP contribution < -0.4 is 0 Å². The molecule has 15 heavy (non-hydrogen) atoms. The van der Waals surface area contributed by atoms with Gasteiger partial charge in [-0.2, -0.15) is 0 Å². The van der Waals surface area contributed by atoms with E-state index >= 15 is 0 Å². The zero-order chi connectivity index (χ0) is 10.4. The zero-order valence-corrected chi connectivity index (χ0v) is 8.49. The predicted octanol–water partition coefficient (Wildman–Crippen LogP) is 1.79. The first-order valence-corrected chi connectivity index (χ1v) is 5.57. The standard InChI is InChI=1S/C11H14N2O2/c14-11(15)7-2-1-3-8-9(7)13-10(12-8)6-4-5-6/h6-7H,1-5H2,(H,12,13)(H,14,15). The maximum Gasteiger partial charge on any atom is 0.312 e. The van der Waals surface area contributed by atoms with Crippen LogP contribution in [-0.2, 0) is 11.2 Å². The van der Waals surface area contributed by atoms with Crippen LogP contribution in [0.1, 0.15) is 54.7 Å². The number of fused-ring (bicyclic) bond motifs is 1. The molecule has 1 fully saturated rings. The number of rotatable bonds is 2. The Kier molecular flexibility index (Phi) is 1.84. The molecule has 0 saturated heterocycles. The highest BCUT2D eigenvalue weighted by Crippen LogP contribution is 2.40. The van der Waals surface area contributed by atoms with Gasteiger partial charge in [-0.1, -0.05) is 0 Å². The molecule has 1 atom stereocenters. The van der Waals surface area contributed by atoms with Gasteiger partial charge < -0.3 is 10.1 Å². The van der Waals surface area contributed by atoms with Crippen LogP contribution in [0.15, 0.2) is 0 Å². The van der Waals surface area contributed by atoms with E-state index in [1.54, 1.807) is 0 Å². The van der Waals surface area contributed by atoms with Crippen molar-refractivity contribution >= 4 is 5.97 Å². The Morgan fingerprint density at radius 1 is 1.40 bits per heavy atom. The molecular weight excluding hydrogens is 192 g/mol. The SMILES string of the molecule is O=C(O)C1CCCc2[nH]c(C3CC3)nc21. The summed E-state index contributed by atoms with van der Waals surface area (Å²) in [5.74, 6) is 0.487. The molecule has 0 amide bonds. The third-order valence-electron chi connectivity index (χ3n) is 3.34. The molecule has 80 valence electrons. The van der Waals surface area contributed by atoms with E-state index in [0.717, 1.165) is 36.5 Å². The average molecular weight is 206 g/mol. The highest BCUT2D eigenvalue weighted by molar-refractivity contribution is 5.76. The van der Waals surface area contributed by atoms with Gasteiger partial charge in [0, 0.05) is 11.6 Å². The van der Waals surface area contributed by atoms with E-state index < -0.39 is 5.97 Å². The topological polar surface area (TPSA) is 66.0 Å². The second kappa shape index (κ2) is 3.08. The van der Waals surface area contributed by atoms with Crippen LogP contribution in [0.5, 0.6) is 0 Å². The normalized spacial score (nSPS) is 24.9. The number of aromatic amines is 1. The third kappa shape index (κ3) is 1.44. The summed E-state index contributed by atoms with van der Waals surface area (Å²) in [6.45, 7) is 0. The van der Waals surface area contributed by atoms with Crippen molar-refractivity contribution in [1.82, 2.24) is 9.97 Å². The number of imidazole rings is 1. The first-order chi connectivity index (χ1) is 7.25. The summed E-state index contributed by atoms with van der Waals surface area (Å²) in [4.78, 5) is 18.8. The molecule has 1 aromatic heterocycles. The van der Waals surface area contributed by atoms with Gasteiger partial charge in [0.1, 0.15) is 11.7 Å². The number of nitrogens with one attached hydrogen (secondary N) is 1. The lowest BCUT2D eigenvalue weighted by Gasteiger charge is -2.16. The molecular formula is C11H14N2O2. The maximum atomic E-state index is 11.1. The van der Waals surface area contributed by atoms with E-state index in [-0.39, 0.29) is 5.92 Å². The molecule has 3 rings (SSSR count). The molecule has 0 bridgehead atoms. The van der Waals surface area contributed by atoms with Crippen LogP contribution in [0.3, 0.4) is 0 Å². The smallest absolute Gasteiger partial charge is 0.312 e. The lowest BCUT2D eigenvalue weighted by atomic mass is 9.90. The minimum Gasteiger partial charge on any atom is -0.481 e. The van der Waals surface area contributed by atoms with E-state index in [1.807, 2.05) is 0 Å². The summed E-state index contributed by atoms with van der Waals surface area (Å²) in [5, 5.41) is 9.09. The number of hydrogen-bond acceptors (Lipinski definition) is 2. The minimum absolute atomic E-state index is 0.377. The number of carboxylic acids is 1. The van der Waals surface area contributed by atoms with Crippen molar-refractivity contribution in [2.75, 3.05) is 0 Å². The van der Waals surface area contributed by atoms with Gasteiger partial charge in [0.15, 0.2) is 0 Å². The van der Waals surface area contributed by atoms with Gasteiger partial charge in [0.25, 0.3) is 0 Å². The van der Waals surface area contributed by atoms with Crippen molar-refractivity contribution < 1.29 is 9.90 Å². The molecule has 2 aliphatic carbocycles. The van der Waals surface area contributed by atoms with E-state index in [1.165, 1.54) is 12.8 Å². The lowest BCUT2D eigenvalue weighted by Crippen LogP contribution is -2.17. The summed E-state index contributed by atoms with van der Waals surface area (Å²) < 4.78 is 0. The van der Waals surface area contributed by atoms with Gasteiger partial charge in [-0.05, 0) is 32.1 Å². The molecule has 1 unspecified atom stereocenters. The van der Waals surface area contributed by atoms with Crippen molar-refractivity contribution in [2.24, 2.45) is 0 Å². The summed E-state index contributed by atoms with van der Waals surface area (Å²) in [6.07, 6.45) is 5.04. The second-order valence-electron chi connectivity index (χ2n) is 4.54. The largest absolute Gasteiger partial charge is 0.481 e. The Balaban J connectivity index is 1.98. The van der Waals surface area contributed by atoms with E-state index in [9.17, 15) is 4.79 Å². The lowest BCUT2D eigenvalue weighted by molar-refractivity contribution is -0.139. The monoisotopic (exact) mass is 206 g/mol. The van der Waals surface area contributed by atoms with E-state index in [4.69, 9.17) is 5.11 Å². The molecule has 1 saturated carbocycles. The summed E-state index contributed by atoms with van der Waals surface area (Å²) in [5.41, 5.74) is 1.87. The molecule has 1 aromatic rings. The van der Waals surface area contributed by atoms with E-state index in [2.05, 4.69) is 9.97 Å². The number of aliphatic carboxylic acids is 1. The van der Waals surface area contributed by atoms with Crippen LogP contribution in [0.25, 0.3) is 0 Å². The van der Waals surface area contributed by atoms with Gasteiger partial charge in [-0.25, -0.2) is 4.98 Å². The van der Waals surface area contributed by atoms with Crippen LogP contribution in [0.2, 0.25) is 0 Å². The first-order valence-electron chi connectivity index (χ1n) is 5.57. The van der Waals surface area contributed by atoms with Crippen LogP contribution >= 0.6 is 0 Å². The third-order valence-corrected chi connectivity index (χ3v) is 3.34. The Morgan fingerprint density at radius 3 is 2.87 bits per heavy atom. The number of aryl methyl sites for hydroxylation is 1. The Hall–Kier alpha value is -1.32. The van der Waals surface area contributed by atoms with Gasteiger partial charge >= 0.3 is 5.97 Å². The Labute approximate surface area is 87.7 Å². The number of hydrogen-bond donors (Lipinski definition) is 2. The molecule has 0 spiro atoms. The van der Waals surface area contributed by atoms with Gasteiger partial charge in [-0.3, -0.25) is 4.79 Å². The maximum absolute atomic E-state index is 11.1. The van der Waals surface area contributed by atoms with Crippen molar-refractivity contribution in [3.8, 4) is 0 Å². The quantitative estimate of drug-likeness (QED) is 0.775. The first kappa shape index (κ1) is 8.95. The highest BCUT2D eigenvalue weighted by atomic mass is 16.4. The zero-order valence-electron chi connectivity index (χ0n) is 8.49. The van der Waals surface area contributed by atoms with Crippen molar-refractivity contribution in [1.29, 1.82) is 0 Å². The van der Waals surface area contributed by atoms with Crippen LogP contribution in [-0.4, -0.2) is 21.0 Å². The van der Waals surface area contributed by atoms with Crippen molar-refractivity contribution in [2.45, 2.75) is 43.9 Å². The predicted molar refractivity (Wildman–Crippen MR) is 53.9 cm³/mol. The number of carboxylic acid groups (broad SMARTS) is 1. The van der Waals surface area contributed by atoms with Crippen molar-refractivity contribution in [3.63, 3.8) is 0 Å². The Bertz CT molecular complexity index is 407. The second-order valence-corrected chi connectivity index (χ2v) is 4.54. The fourth-order valence-electron chi connectivity index (χ4n) is 2.33. The van der Waals surface area contributed by atoms with Crippen molar-refractivity contribution in [3.05, 3.63) is 17.2 Å². The minimum atomic E-state index is -0.732. The fraction of sp³-hybridized carbons (Fsp3) is 0.636. The molecule has 0 aliphatic heterocycles.